The normalized spacial score (nSPS) is 11.0. The summed E-state index contributed by atoms with van der Waals surface area (Å²) in [5.74, 6) is -0.297. The van der Waals surface area contributed by atoms with E-state index in [4.69, 9.17) is 11.6 Å². The van der Waals surface area contributed by atoms with Gasteiger partial charge in [0.15, 0.2) is 0 Å². The molecule has 6 heteroatoms. The van der Waals surface area contributed by atoms with Crippen LogP contribution >= 0.6 is 22.9 Å². The SMILES string of the molecule is Fc1cc(Cl)ccc1Cc1nc(-c2ccc(-n3ccnc3)cc2)cs1. The second kappa shape index (κ2) is 6.78. The van der Waals surface area contributed by atoms with Gasteiger partial charge in [-0.25, -0.2) is 14.4 Å². The molecular weight excluding hydrogens is 357 g/mol. The Kier molecular flexibility index (Phi) is 4.34. The van der Waals surface area contributed by atoms with E-state index in [1.54, 1.807) is 24.7 Å². The first-order chi connectivity index (χ1) is 12.2. The third-order valence-corrected chi connectivity index (χ3v) is 4.96. The summed E-state index contributed by atoms with van der Waals surface area (Å²) in [6.45, 7) is 0. The van der Waals surface area contributed by atoms with Gasteiger partial charge in [0.1, 0.15) is 5.82 Å². The minimum atomic E-state index is -0.297. The van der Waals surface area contributed by atoms with E-state index in [0.717, 1.165) is 22.0 Å². The van der Waals surface area contributed by atoms with Crippen LogP contribution in [0.15, 0.2) is 66.6 Å². The van der Waals surface area contributed by atoms with Gasteiger partial charge in [0.2, 0.25) is 0 Å². The van der Waals surface area contributed by atoms with Gasteiger partial charge in [-0.05, 0) is 29.8 Å². The van der Waals surface area contributed by atoms with Gasteiger partial charge < -0.3 is 4.57 Å². The van der Waals surface area contributed by atoms with Crippen LogP contribution in [0.2, 0.25) is 5.02 Å². The molecule has 0 aliphatic heterocycles. The van der Waals surface area contributed by atoms with Crippen molar-refractivity contribution in [3.63, 3.8) is 0 Å². The Bertz CT molecular complexity index is 994. The van der Waals surface area contributed by atoms with Gasteiger partial charge in [0, 0.05) is 40.5 Å². The molecule has 0 spiro atoms. The Morgan fingerprint density at radius 2 is 1.96 bits per heavy atom. The minimum absolute atomic E-state index is 0.297. The predicted octanol–water partition coefficient (Wildman–Crippen LogP) is 5.38. The lowest BCUT2D eigenvalue weighted by molar-refractivity contribution is 0.614. The number of rotatable bonds is 4. The summed E-state index contributed by atoms with van der Waals surface area (Å²) in [7, 11) is 0. The lowest BCUT2D eigenvalue weighted by Crippen LogP contribution is -1.92. The fourth-order valence-corrected chi connectivity index (χ4v) is 3.55. The maximum atomic E-state index is 13.9. The molecular formula is C19H13ClFN3S. The van der Waals surface area contributed by atoms with Gasteiger partial charge in [-0.1, -0.05) is 29.8 Å². The molecule has 0 bridgehead atoms. The van der Waals surface area contributed by atoms with Crippen LogP contribution in [0.1, 0.15) is 10.6 Å². The van der Waals surface area contributed by atoms with Crippen molar-refractivity contribution in [3.8, 4) is 16.9 Å². The number of aromatic nitrogens is 3. The van der Waals surface area contributed by atoms with E-state index in [1.165, 1.54) is 17.4 Å². The molecule has 0 aliphatic rings. The van der Waals surface area contributed by atoms with Crippen molar-refractivity contribution in [2.45, 2.75) is 6.42 Å². The fourth-order valence-electron chi connectivity index (χ4n) is 2.57. The first-order valence-electron chi connectivity index (χ1n) is 7.66. The molecule has 2 aromatic heterocycles. The zero-order valence-electron chi connectivity index (χ0n) is 13.1. The third-order valence-electron chi connectivity index (χ3n) is 3.87. The Balaban J connectivity index is 1.54. The maximum Gasteiger partial charge on any atom is 0.128 e. The molecule has 0 amide bonds. The molecule has 0 radical (unpaired) electrons. The van der Waals surface area contributed by atoms with Crippen LogP contribution in [0.3, 0.4) is 0 Å². The first kappa shape index (κ1) is 16.0. The fraction of sp³-hybridized carbons (Fsp3) is 0.0526. The molecule has 4 rings (SSSR count). The third kappa shape index (κ3) is 3.48. The van der Waals surface area contributed by atoms with E-state index in [0.29, 0.717) is 17.0 Å². The zero-order chi connectivity index (χ0) is 17.2. The average Bonchev–Trinajstić information content (AvgIpc) is 3.30. The van der Waals surface area contributed by atoms with Gasteiger partial charge >= 0.3 is 0 Å². The quantitative estimate of drug-likeness (QED) is 0.483. The Morgan fingerprint density at radius 3 is 2.68 bits per heavy atom. The van der Waals surface area contributed by atoms with Crippen molar-refractivity contribution < 1.29 is 4.39 Å². The van der Waals surface area contributed by atoms with E-state index in [9.17, 15) is 4.39 Å². The van der Waals surface area contributed by atoms with Crippen LogP contribution in [0, 0.1) is 5.82 Å². The number of halogens is 2. The zero-order valence-corrected chi connectivity index (χ0v) is 14.6. The second-order valence-corrected chi connectivity index (χ2v) is 6.93. The number of hydrogen-bond acceptors (Lipinski definition) is 3. The van der Waals surface area contributed by atoms with E-state index in [-0.39, 0.29) is 5.82 Å². The molecule has 0 N–H and O–H groups in total. The molecule has 3 nitrogen and oxygen atoms in total. The van der Waals surface area contributed by atoms with Gasteiger partial charge in [0.05, 0.1) is 17.0 Å². The maximum absolute atomic E-state index is 13.9. The van der Waals surface area contributed by atoms with Crippen LogP contribution in [0.25, 0.3) is 16.9 Å². The molecule has 25 heavy (non-hydrogen) atoms. The second-order valence-electron chi connectivity index (χ2n) is 5.56. The Morgan fingerprint density at radius 1 is 1.12 bits per heavy atom. The van der Waals surface area contributed by atoms with Crippen LogP contribution < -0.4 is 0 Å². The summed E-state index contributed by atoms with van der Waals surface area (Å²) in [4.78, 5) is 8.68. The Hall–Kier alpha value is -2.50. The molecule has 0 saturated carbocycles. The highest BCUT2D eigenvalue weighted by atomic mass is 35.5. The number of hydrogen-bond donors (Lipinski definition) is 0. The highest BCUT2D eigenvalue weighted by Gasteiger charge is 2.09. The molecule has 124 valence electrons. The largest absolute Gasteiger partial charge is 0.306 e. The predicted molar refractivity (Wildman–Crippen MR) is 98.9 cm³/mol. The molecule has 4 aromatic rings. The van der Waals surface area contributed by atoms with Gasteiger partial charge in [-0.3, -0.25) is 0 Å². The summed E-state index contributed by atoms with van der Waals surface area (Å²) >= 11 is 7.32. The summed E-state index contributed by atoms with van der Waals surface area (Å²) in [6, 6.07) is 12.8. The number of nitrogens with zero attached hydrogens (tertiary/aromatic N) is 3. The smallest absolute Gasteiger partial charge is 0.128 e. The van der Waals surface area contributed by atoms with Crippen molar-refractivity contribution >= 4 is 22.9 Å². The molecule has 0 saturated heterocycles. The lowest BCUT2D eigenvalue weighted by Gasteiger charge is -2.03. The van der Waals surface area contributed by atoms with Crippen LogP contribution in [-0.2, 0) is 6.42 Å². The molecule has 0 aliphatic carbocycles. The summed E-state index contributed by atoms with van der Waals surface area (Å²) < 4.78 is 15.9. The van der Waals surface area contributed by atoms with Crippen LogP contribution in [-0.4, -0.2) is 14.5 Å². The van der Waals surface area contributed by atoms with Crippen LogP contribution in [0.5, 0.6) is 0 Å². The number of thiazole rings is 1. The highest BCUT2D eigenvalue weighted by Crippen LogP contribution is 2.25. The topological polar surface area (TPSA) is 30.7 Å². The lowest BCUT2D eigenvalue weighted by atomic mass is 10.1. The molecule has 2 aromatic carbocycles. The van der Waals surface area contributed by atoms with E-state index < -0.39 is 0 Å². The van der Waals surface area contributed by atoms with E-state index >= 15 is 0 Å². The van der Waals surface area contributed by atoms with E-state index in [2.05, 4.69) is 9.97 Å². The van der Waals surface area contributed by atoms with Gasteiger partial charge in [-0.2, -0.15) is 0 Å². The van der Waals surface area contributed by atoms with Crippen molar-refractivity contribution in [1.82, 2.24) is 14.5 Å². The average molecular weight is 370 g/mol. The van der Waals surface area contributed by atoms with Crippen LogP contribution in [0.4, 0.5) is 4.39 Å². The molecule has 0 unspecified atom stereocenters. The van der Waals surface area contributed by atoms with Crippen molar-refractivity contribution in [3.05, 3.63) is 88.0 Å². The minimum Gasteiger partial charge on any atom is -0.306 e. The van der Waals surface area contributed by atoms with E-state index in [1.807, 2.05) is 40.4 Å². The number of imidazole rings is 1. The number of benzene rings is 2. The standard InChI is InChI=1S/C19H13ClFN3S/c20-15-4-1-14(17(21)10-15)9-19-23-18(11-25-19)13-2-5-16(6-3-13)24-8-7-22-12-24/h1-8,10-12H,9H2. The monoisotopic (exact) mass is 369 g/mol. The van der Waals surface area contributed by atoms with Gasteiger partial charge in [0.25, 0.3) is 0 Å². The molecule has 0 fully saturated rings. The summed E-state index contributed by atoms with van der Waals surface area (Å²) in [6.07, 6.45) is 5.87. The molecule has 2 heterocycles. The molecule has 0 atom stereocenters. The van der Waals surface area contributed by atoms with Gasteiger partial charge in [-0.15, -0.1) is 11.3 Å². The first-order valence-corrected chi connectivity index (χ1v) is 8.92. The summed E-state index contributed by atoms with van der Waals surface area (Å²) in [5, 5.41) is 3.27. The van der Waals surface area contributed by atoms with Crippen molar-refractivity contribution in [1.29, 1.82) is 0 Å². The summed E-state index contributed by atoms with van der Waals surface area (Å²) in [5.41, 5.74) is 3.56. The van der Waals surface area contributed by atoms with Crippen molar-refractivity contribution in [2.24, 2.45) is 0 Å². The Labute approximate surface area is 153 Å². The highest BCUT2D eigenvalue weighted by molar-refractivity contribution is 7.10. The van der Waals surface area contributed by atoms with Crippen molar-refractivity contribution in [2.75, 3.05) is 0 Å².